The van der Waals surface area contributed by atoms with E-state index in [0.717, 1.165) is 5.56 Å². The quantitative estimate of drug-likeness (QED) is 0.829. The SMILES string of the molecule is COC(=O)[C@@H](C)NC(=O)Nc1ccc(C)c(Cl)c1. The van der Waals surface area contributed by atoms with Gasteiger partial charge in [0.2, 0.25) is 0 Å². The average molecular weight is 271 g/mol. The molecule has 2 amide bonds. The lowest BCUT2D eigenvalue weighted by molar-refractivity contribution is -0.142. The van der Waals surface area contributed by atoms with Crippen molar-refractivity contribution in [3.8, 4) is 0 Å². The van der Waals surface area contributed by atoms with Crippen molar-refractivity contribution in [1.82, 2.24) is 5.32 Å². The van der Waals surface area contributed by atoms with Gasteiger partial charge in [0.15, 0.2) is 0 Å². The molecule has 1 atom stereocenters. The molecule has 0 spiro atoms. The van der Waals surface area contributed by atoms with Crippen LogP contribution in [0.5, 0.6) is 0 Å². The number of amides is 2. The fourth-order valence-electron chi connectivity index (χ4n) is 1.27. The first-order valence-electron chi connectivity index (χ1n) is 5.35. The molecule has 0 aliphatic rings. The molecular formula is C12H15ClN2O3. The van der Waals surface area contributed by atoms with Gasteiger partial charge in [0.25, 0.3) is 0 Å². The van der Waals surface area contributed by atoms with Gasteiger partial charge in [0.05, 0.1) is 7.11 Å². The van der Waals surface area contributed by atoms with Crippen LogP contribution in [0, 0.1) is 6.92 Å². The topological polar surface area (TPSA) is 67.4 Å². The summed E-state index contributed by atoms with van der Waals surface area (Å²) in [7, 11) is 1.26. The van der Waals surface area contributed by atoms with Crippen molar-refractivity contribution in [2.75, 3.05) is 12.4 Å². The maximum absolute atomic E-state index is 11.6. The van der Waals surface area contributed by atoms with E-state index in [1.807, 2.05) is 6.92 Å². The fourth-order valence-corrected chi connectivity index (χ4v) is 1.45. The molecule has 1 aromatic carbocycles. The molecule has 18 heavy (non-hydrogen) atoms. The lowest BCUT2D eigenvalue weighted by atomic mass is 10.2. The molecule has 0 bridgehead atoms. The number of anilines is 1. The minimum atomic E-state index is -0.712. The summed E-state index contributed by atoms with van der Waals surface area (Å²) in [6.07, 6.45) is 0. The van der Waals surface area contributed by atoms with Gasteiger partial charge in [-0.25, -0.2) is 9.59 Å². The van der Waals surface area contributed by atoms with E-state index in [1.54, 1.807) is 18.2 Å². The van der Waals surface area contributed by atoms with Crippen LogP contribution in [-0.2, 0) is 9.53 Å². The Morgan fingerprint density at radius 1 is 1.39 bits per heavy atom. The Labute approximate surface area is 110 Å². The number of ether oxygens (including phenoxy) is 1. The zero-order valence-electron chi connectivity index (χ0n) is 10.4. The first-order chi connectivity index (χ1) is 8.43. The highest BCUT2D eigenvalue weighted by atomic mass is 35.5. The number of carbonyl (C=O) groups excluding carboxylic acids is 2. The van der Waals surface area contributed by atoms with Gasteiger partial charge in [-0.05, 0) is 31.5 Å². The van der Waals surface area contributed by atoms with Crippen molar-refractivity contribution in [1.29, 1.82) is 0 Å². The van der Waals surface area contributed by atoms with Crippen molar-refractivity contribution in [2.24, 2.45) is 0 Å². The van der Waals surface area contributed by atoms with Gasteiger partial charge in [0, 0.05) is 10.7 Å². The number of rotatable bonds is 3. The summed E-state index contributed by atoms with van der Waals surface area (Å²) >= 11 is 5.93. The minimum absolute atomic E-state index is 0.493. The fraction of sp³-hybridized carbons (Fsp3) is 0.333. The number of aryl methyl sites for hydroxylation is 1. The van der Waals surface area contributed by atoms with Crippen LogP contribution in [0.25, 0.3) is 0 Å². The lowest BCUT2D eigenvalue weighted by Gasteiger charge is -2.12. The maximum Gasteiger partial charge on any atom is 0.328 e. The van der Waals surface area contributed by atoms with E-state index >= 15 is 0 Å². The highest BCUT2D eigenvalue weighted by Gasteiger charge is 2.15. The van der Waals surface area contributed by atoms with Gasteiger partial charge < -0.3 is 15.4 Å². The van der Waals surface area contributed by atoms with Crippen LogP contribution in [0.1, 0.15) is 12.5 Å². The van der Waals surface area contributed by atoms with Crippen molar-refractivity contribution in [2.45, 2.75) is 19.9 Å². The zero-order chi connectivity index (χ0) is 13.7. The van der Waals surface area contributed by atoms with Gasteiger partial charge in [-0.1, -0.05) is 17.7 Å². The number of hydrogen-bond donors (Lipinski definition) is 2. The molecule has 0 unspecified atom stereocenters. The second kappa shape index (κ2) is 6.26. The maximum atomic E-state index is 11.6. The molecule has 0 saturated carbocycles. The number of nitrogens with one attached hydrogen (secondary N) is 2. The molecule has 5 nitrogen and oxygen atoms in total. The molecule has 0 radical (unpaired) electrons. The summed E-state index contributed by atoms with van der Waals surface area (Å²) in [4.78, 5) is 22.7. The lowest BCUT2D eigenvalue weighted by Crippen LogP contribution is -2.41. The van der Waals surface area contributed by atoms with E-state index in [2.05, 4.69) is 15.4 Å². The predicted molar refractivity (Wildman–Crippen MR) is 69.8 cm³/mol. The van der Waals surface area contributed by atoms with Gasteiger partial charge in [0.1, 0.15) is 6.04 Å². The minimum Gasteiger partial charge on any atom is -0.467 e. The standard InChI is InChI=1S/C12H15ClN2O3/c1-7-4-5-9(6-10(7)13)15-12(17)14-8(2)11(16)18-3/h4-6,8H,1-3H3,(H2,14,15,17)/t8-/m1/s1. The molecule has 0 aliphatic heterocycles. The number of urea groups is 1. The number of halogens is 1. The van der Waals surface area contributed by atoms with E-state index < -0.39 is 18.0 Å². The monoisotopic (exact) mass is 270 g/mol. The van der Waals surface area contributed by atoms with Crippen molar-refractivity contribution >= 4 is 29.3 Å². The number of benzene rings is 1. The van der Waals surface area contributed by atoms with E-state index in [9.17, 15) is 9.59 Å². The largest absolute Gasteiger partial charge is 0.467 e. The Hall–Kier alpha value is -1.75. The van der Waals surface area contributed by atoms with Crippen molar-refractivity contribution in [3.63, 3.8) is 0 Å². The molecule has 2 N–H and O–H groups in total. The van der Waals surface area contributed by atoms with E-state index in [1.165, 1.54) is 14.0 Å². The molecule has 0 fully saturated rings. The van der Waals surface area contributed by atoms with E-state index in [-0.39, 0.29) is 0 Å². The highest BCUT2D eigenvalue weighted by molar-refractivity contribution is 6.31. The molecule has 0 aromatic heterocycles. The number of esters is 1. The normalized spacial score (nSPS) is 11.6. The van der Waals surface area contributed by atoms with Crippen LogP contribution in [0.3, 0.4) is 0 Å². The van der Waals surface area contributed by atoms with Gasteiger partial charge in [-0.15, -0.1) is 0 Å². The highest BCUT2D eigenvalue weighted by Crippen LogP contribution is 2.19. The molecule has 0 aliphatic carbocycles. The molecule has 6 heteroatoms. The molecular weight excluding hydrogens is 256 g/mol. The summed E-state index contributed by atoms with van der Waals surface area (Å²) in [5.74, 6) is -0.507. The van der Waals surface area contributed by atoms with E-state index in [4.69, 9.17) is 11.6 Å². The first-order valence-corrected chi connectivity index (χ1v) is 5.73. The molecule has 1 aromatic rings. The molecule has 0 saturated heterocycles. The Morgan fingerprint density at radius 3 is 2.61 bits per heavy atom. The smallest absolute Gasteiger partial charge is 0.328 e. The summed E-state index contributed by atoms with van der Waals surface area (Å²) in [6, 6.07) is 3.95. The number of carbonyl (C=O) groups is 2. The van der Waals surface area contributed by atoms with Crippen LogP contribution in [-0.4, -0.2) is 25.2 Å². The van der Waals surface area contributed by atoms with Gasteiger partial charge in [-0.2, -0.15) is 0 Å². The first kappa shape index (κ1) is 14.3. The predicted octanol–water partition coefficient (Wildman–Crippen LogP) is 2.33. The van der Waals surface area contributed by atoms with Crippen LogP contribution in [0.15, 0.2) is 18.2 Å². The second-order valence-corrected chi connectivity index (χ2v) is 4.21. The van der Waals surface area contributed by atoms with Crippen LogP contribution in [0.2, 0.25) is 5.02 Å². The summed E-state index contributed by atoms with van der Waals surface area (Å²) in [5.41, 5.74) is 1.48. The van der Waals surface area contributed by atoms with Crippen LogP contribution in [0.4, 0.5) is 10.5 Å². The summed E-state index contributed by atoms with van der Waals surface area (Å²) in [6.45, 7) is 3.40. The van der Waals surface area contributed by atoms with Gasteiger partial charge in [-0.3, -0.25) is 0 Å². The third kappa shape index (κ3) is 3.92. The Morgan fingerprint density at radius 2 is 2.06 bits per heavy atom. The van der Waals surface area contributed by atoms with Crippen molar-refractivity contribution < 1.29 is 14.3 Å². The summed E-state index contributed by atoms with van der Waals surface area (Å²) < 4.78 is 4.50. The third-order valence-electron chi connectivity index (χ3n) is 2.33. The molecule has 1 rings (SSSR count). The van der Waals surface area contributed by atoms with Crippen molar-refractivity contribution in [3.05, 3.63) is 28.8 Å². The molecule has 98 valence electrons. The second-order valence-electron chi connectivity index (χ2n) is 3.81. The number of hydrogen-bond acceptors (Lipinski definition) is 3. The van der Waals surface area contributed by atoms with Crippen LogP contribution >= 0.6 is 11.6 Å². The van der Waals surface area contributed by atoms with Gasteiger partial charge >= 0.3 is 12.0 Å². The van der Waals surface area contributed by atoms with E-state index in [0.29, 0.717) is 10.7 Å². The molecule has 0 heterocycles. The van der Waals surface area contributed by atoms with Crippen LogP contribution < -0.4 is 10.6 Å². The third-order valence-corrected chi connectivity index (χ3v) is 2.74. The Bertz CT molecular complexity index is 463. The summed E-state index contributed by atoms with van der Waals surface area (Å²) in [5, 5.41) is 5.59. The zero-order valence-corrected chi connectivity index (χ0v) is 11.2. The average Bonchev–Trinajstić information content (AvgIpc) is 2.32. The number of methoxy groups -OCH3 is 1. The Balaban J connectivity index is 2.59. The Kier molecular flexibility index (Phi) is 4.97.